The summed E-state index contributed by atoms with van der Waals surface area (Å²) in [6, 6.07) is 4.28. The molecule has 0 aromatic carbocycles. The summed E-state index contributed by atoms with van der Waals surface area (Å²) >= 11 is 7.24. The molecule has 0 aliphatic carbocycles. The van der Waals surface area contributed by atoms with Crippen LogP contribution in [0, 0.1) is 0 Å². The summed E-state index contributed by atoms with van der Waals surface area (Å²) in [6.07, 6.45) is 1.91. The van der Waals surface area contributed by atoms with E-state index in [9.17, 15) is 0 Å². The van der Waals surface area contributed by atoms with E-state index < -0.39 is 0 Å². The third-order valence-corrected chi connectivity index (χ3v) is 3.52. The van der Waals surface area contributed by atoms with Gasteiger partial charge in [-0.1, -0.05) is 37.6 Å². The van der Waals surface area contributed by atoms with Crippen molar-refractivity contribution in [2.24, 2.45) is 0 Å². The van der Waals surface area contributed by atoms with Gasteiger partial charge in [0.2, 0.25) is 0 Å². The number of rotatable bonds is 5. The second kappa shape index (κ2) is 5.54. The SMILES string of the molecule is CC(C)(CNC/C=C/Cl)c1cccs1. The van der Waals surface area contributed by atoms with Crippen molar-refractivity contribution in [3.05, 3.63) is 34.0 Å². The van der Waals surface area contributed by atoms with Gasteiger partial charge in [0.05, 0.1) is 0 Å². The summed E-state index contributed by atoms with van der Waals surface area (Å²) in [4.78, 5) is 1.42. The van der Waals surface area contributed by atoms with Crippen LogP contribution >= 0.6 is 22.9 Å². The maximum atomic E-state index is 5.43. The van der Waals surface area contributed by atoms with Crippen molar-refractivity contribution in [3.63, 3.8) is 0 Å². The molecule has 0 unspecified atom stereocenters. The minimum Gasteiger partial charge on any atom is -0.312 e. The fourth-order valence-electron chi connectivity index (χ4n) is 1.26. The van der Waals surface area contributed by atoms with Gasteiger partial charge in [0.25, 0.3) is 0 Å². The van der Waals surface area contributed by atoms with Gasteiger partial charge in [-0.05, 0) is 11.4 Å². The predicted molar refractivity (Wildman–Crippen MR) is 65.2 cm³/mol. The smallest absolute Gasteiger partial charge is 0.0146 e. The fraction of sp³-hybridized carbons (Fsp3) is 0.455. The Hall–Kier alpha value is -0.310. The molecule has 1 aromatic heterocycles. The molecule has 0 atom stereocenters. The summed E-state index contributed by atoms with van der Waals surface area (Å²) in [6.45, 7) is 6.29. The van der Waals surface area contributed by atoms with Crippen LogP contribution in [0.25, 0.3) is 0 Å². The first kappa shape index (κ1) is 11.8. The van der Waals surface area contributed by atoms with Crippen LogP contribution in [0.1, 0.15) is 18.7 Å². The van der Waals surface area contributed by atoms with Gasteiger partial charge < -0.3 is 5.32 Å². The fourth-order valence-corrected chi connectivity index (χ4v) is 2.20. The number of thiophene rings is 1. The van der Waals surface area contributed by atoms with E-state index in [1.807, 2.05) is 17.4 Å². The average molecular weight is 230 g/mol. The van der Waals surface area contributed by atoms with Gasteiger partial charge >= 0.3 is 0 Å². The summed E-state index contributed by atoms with van der Waals surface area (Å²) in [5.74, 6) is 0. The Morgan fingerprint density at radius 1 is 1.57 bits per heavy atom. The Labute approximate surface area is 94.8 Å². The van der Waals surface area contributed by atoms with Crippen molar-refractivity contribution in [3.8, 4) is 0 Å². The van der Waals surface area contributed by atoms with Gasteiger partial charge in [0.1, 0.15) is 0 Å². The highest BCUT2D eigenvalue weighted by Crippen LogP contribution is 2.26. The first-order valence-electron chi connectivity index (χ1n) is 4.67. The van der Waals surface area contributed by atoms with E-state index in [4.69, 9.17) is 11.6 Å². The lowest BCUT2D eigenvalue weighted by atomic mass is 9.91. The highest BCUT2D eigenvalue weighted by atomic mass is 35.5. The molecule has 3 heteroatoms. The average Bonchev–Trinajstić information content (AvgIpc) is 2.65. The molecule has 0 amide bonds. The van der Waals surface area contributed by atoms with Crippen molar-refractivity contribution >= 4 is 22.9 Å². The lowest BCUT2D eigenvalue weighted by Gasteiger charge is -2.23. The topological polar surface area (TPSA) is 12.0 Å². The highest BCUT2D eigenvalue weighted by molar-refractivity contribution is 7.10. The van der Waals surface area contributed by atoms with Crippen molar-refractivity contribution in [2.75, 3.05) is 13.1 Å². The monoisotopic (exact) mass is 229 g/mol. The zero-order valence-electron chi connectivity index (χ0n) is 8.59. The third-order valence-electron chi connectivity index (χ3n) is 2.11. The number of nitrogens with one attached hydrogen (secondary N) is 1. The second-order valence-corrected chi connectivity index (χ2v) is 5.05. The van der Waals surface area contributed by atoms with Gasteiger partial charge in [0.15, 0.2) is 0 Å². The largest absolute Gasteiger partial charge is 0.312 e. The van der Waals surface area contributed by atoms with Crippen LogP contribution in [0.4, 0.5) is 0 Å². The lowest BCUT2D eigenvalue weighted by Crippen LogP contribution is -2.32. The molecule has 0 fully saturated rings. The summed E-state index contributed by atoms with van der Waals surface area (Å²) in [5, 5.41) is 5.47. The molecule has 0 saturated heterocycles. The van der Waals surface area contributed by atoms with Gasteiger partial charge in [-0.2, -0.15) is 0 Å². The quantitative estimate of drug-likeness (QED) is 0.764. The van der Waals surface area contributed by atoms with E-state index >= 15 is 0 Å². The normalized spacial score (nSPS) is 12.5. The second-order valence-electron chi connectivity index (χ2n) is 3.85. The molecule has 0 radical (unpaired) electrons. The molecule has 0 aliphatic rings. The molecule has 1 N–H and O–H groups in total. The van der Waals surface area contributed by atoms with Crippen molar-refractivity contribution in [2.45, 2.75) is 19.3 Å². The molecule has 78 valence electrons. The van der Waals surface area contributed by atoms with Gasteiger partial charge in [-0.15, -0.1) is 11.3 Å². The summed E-state index contributed by atoms with van der Waals surface area (Å²) < 4.78 is 0. The molecule has 0 aliphatic heterocycles. The van der Waals surface area contributed by atoms with Crippen LogP contribution in [0.15, 0.2) is 29.1 Å². The molecule has 0 saturated carbocycles. The zero-order chi connectivity index (χ0) is 10.4. The zero-order valence-corrected chi connectivity index (χ0v) is 10.2. The van der Waals surface area contributed by atoms with Crippen LogP contribution in [0.3, 0.4) is 0 Å². The predicted octanol–water partition coefficient (Wildman–Crippen LogP) is 3.37. The van der Waals surface area contributed by atoms with Gasteiger partial charge in [-0.3, -0.25) is 0 Å². The molecule has 1 aromatic rings. The highest BCUT2D eigenvalue weighted by Gasteiger charge is 2.20. The molecular formula is C11H16ClNS. The maximum Gasteiger partial charge on any atom is 0.0146 e. The Morgan fingerprint density at radius 3 is 2.93 bits per heavy atom. The molecule has 1 rings (SSSR count). The number of hydrogen-bond donors (Lipinski definition) is 1. The Bertz CT molecular complexity index is 277. The van der Waals surface area contributed by atoms with Crippen LogP contribution in [-0.4, -0.2) is 13.1 Å². The van der Waals surface area contributed by atoms with Crippen molar-refractivity contribution in [1.82, 2.24) is 5.32 Å². The van der Waals surface area contributed by atoms with Crippen LogP contribution in [-0.2, 0) is 5.41 Å². The molecule has 1 heterocycles. The minimum absolute atomic E-state index is 0.203. The Morgan fingerprint density at radius 2 is 2.36 bits per heavy atom. The number of hydrogen-bond acceptors (Lipinski definition) is 2. The molecular weight excluding hydrogens is 214 g/mol. The van der Waals surface area contributed by atoms with E-state index in [-0.39, 0.29) is 5.41 Å². The van der Waals surface area contributed by atoms with E-state index in [0.717, 1.165) is 13.1 Å². The maximum absolute atomic E-state index is 5.43. The first-order chi connectivity index (χ1) is 6.67. The molecule has 0 bridgehead atoms. The third kappa shape index (κ3) is 3.45. The lowest BCUT2D eigenvalue weighted by molar-refractivity contribution is 0.492. The minimum atomic E-state index is 0.203. The van der Waals surface area contributed by atoms with E-state index in [2.05, 4.69) is 36.7 Å². The van der Waals surface area contributed by atoms with Crippen molar-refractivity contribution < 1.29 is 0 Å². The standard InChI is InChI=1S/C11H16ClNS/c1-11(2,9-13-7-4-6-12)10-5-3-8-14-10/h3-6,8,13H,7,9H2,1-2H3/b6-4+. The molecule has 1 nitrogen and oxygen atoms in total. The first-order valence-corrected chi connectivity index (χ1v) is 5.98. The van der Waals surface area contributed by atoms with Crippen LogP contribution < -0.4 is 5.32 Å². The Kier molecular flexibility index (Phi) is 4.66. The van der Waals surface area contributed by atoms with E-state index in [1.54, 1.807) is 5.54 Å². The molecule has 14 heavy (non-hydrogen) atoms. The van der Waals surface area contributed by atoms with Gasteiger partial charge in [0, 0.05) is 28.9 Å². The van der Waals surface area contributed by atoms with Crippen LogP contribution in [0.2, 0.25) is 0 Å². The van der Waals surface area contributed by atoms with Gasteiger partial charge in [-0.25, -0.2) is 0 Å². The van der Waals surface area contributed by atoms with E-state index in [0.29, 0.717) is 0 Å². The molecule has 0 spiro atoms. The van der Waals surface area contributed by atoms with Crippen LogP contribution in [0.5, 0.6) is 0 Å². The van der Waals surface area contributed by atoms with Crippen molar-refractivity contribution in [1.29, 1.82) is 0 Å². The Balaban J connectivity index is 2.42. The number of halogens is 1. The summed E-state index contributed by atoms with van der Waals surface area (Å²) in [7, 11) is 0. The van der Waals surface area contributed by atoms with E-state index in [1.165, 1.54) is 4.88 Å². The summed E-state index contributed by atoms with van der Waals surface area (Å²) in [5.41, 5.74) is 1.75.